The maximum atomic E-state index is 5.68. The molecule has 0 aliphatic carbocycles. The van der Waals surface area contributed by atoms with E-state index in [0.29, 0.717) is 17.2 Å². The highest BCUT2D eigenvalue weighted by Gasteiger charge is 2.14. The number of methoxy groups -OCH3 is 3. The molecular weight excluding hydrogens is 512 g/mol. The molecule has 0 unspecified atom stereocenters. The van der Waals surface area contributed by atoms with Gasteiger partial charge >= 0.3 is 0 Å². The van der Waals surface area contributed by atoms with Crippen molar-refractivity contribution in [2.24, 2.45) is 0 Å². The van der Waals surface area contributed by atoms with Crippen LogP contribution >= 0.6 is 12.2 Å². The van der Waals surface area contributed by atoms with Crippen LogP contribution in [0.5, 0.6) is 17.2 Å². The van der Waals surface area contributed by atoms with Crippen LogP contribution in [-0.2, 0) is 6.42 Å². The number of allylic oxidation sites excluding steroid dienone is 1. The van der Waals surface area contributed by atoms with Crippen molar-refractivity contribution in [2.45, 2.75) is 116 Å². The highest BCUT2D eigenvalue weighted by atomic mass is 32.1. The number of benzene rings is 2. The summed E-state index contributed by atoms with van der Waals surface area (Å²) in [4.78, 5) is 0.797. The maximum absolute atomic E-state index is 5.68. The van der Waals surface area contributed by atoms with Crippen molar-refractivity contribution in [3.8, 4) is 17.2 Å². The Morgan fingerprint density at radius 3 is 1.57 bits per heavy atom. The van der Waals surface area contributed by atoms with Crippen molar-refractivity contribution in [1.82, 2.24) is 0 Å². The molecule has 0 fully saturated rings. The molecule has 0 aromatic heterocycles. The summed E-state index contributed by atoms with van der Waals surface area (Å²) in [5.74, 6) is 1.85. The van der Waals surface area contributed by atoms with Crippen molar-refractivity contribution in [1.29, 1.82) is 0 Å². The molecule has 0 atom stereocenters. The molecule has 0 heterocycles. The maximum Gasteiger partial charge on any atom is 0.203 e. The number of hydrogen-bond donors (Lipinski definition) is 0. The standard InChI is InChI=1S/C36H54O3S/c1-5-6-7-8-9-10-11-12-13-14-15-16-17-18-19-20-21-30-22-24-31(25-23-30)34(40)29-27-32-26-28-33(37-2)36(39-4)35(32)38-3/h22-29H,5-21H2,1-4H3. The second-order valence-electron chi connectivity index (χ2n) is 10.9. The Kier molecular flexibility index (Phi) is 18.1. The van der Waals surface area contributed by atoms with Gasteiger partial charge in [-0.25, -0.2) is 0 Å². The molecule has 40 heavy (non-hydrogen) atoms. The number of thiocarbonyl (C=S) groups is 1. The summed E-state index contributed by atoms with van der Waals surface area (Å²) in [6.07, 6.45) is 27.6. The monoisotopic (exact) mass is 566 g/mol. The third kappa shape index (κ3) is 12.9. The predicted octanol–water partition coefficient (Wildman–Crippen LogP) is 10.9. The van der Waals surface area contributed by atoms with Crippen LogP contribution in [0.15, 0.2) is 42.5 Å². The van der Waals surface area contributed by atoms with E-state index in [1.54, 1.807) is 21.3 Å². The second kappa shape index (κ2) is 21.4. The van der Waals surface area contributed by atoms with Gasteiger partial charge in [-0.1, -0.05) is 140 Å². The van der Waals surface area contributed by atoms with Gasteiger partial charge in [0.1, 0.15) is 0 Å². The van der Waals surface area contributed by atoms with Crippen LogP contribution in [0.1, 0.15) is 126 Å². The van der Waals surface area contributed by atoms with Gasteiger partial charge in [0, 0.05) is 10.4 Å². The van der Waals surface area contributed by atoms with E-state index in [-0.39, 0.29) is 0 Å². The number of unbranched alkanes of at least 4 members (excludes halogenated alkanes) is 15. The summed E-state index contributed by atoms with van der Waals surface area (Å²) in [5, 5.41) is 0. The Labute approximate surface area is 250 Å². The summed E-state index contributed by atoms with van der Waals surface area (Å²) >= 11 is 5.68. The normalized spacial score (nSPS) is 11.2. The molecule has 222 valence electrons. The first kappa shape index (κ1) is 33.9. The van der Waals surface area contributed by atoms with E-state index < -0.39 is 0 Å². The minimum atomic E-state index is 0.580. The lowest BCUT2D eigenvalue weighted by molar-refractivity contribution is 0.324. The van der Waals surface area contributed by atoms with Crippen LogP contribution in [-0.4, -0.2) is 26.2 Å². The quantitative estimate of drug-likeness (QED) is 0.0578. The average molecular weight is 567 g/mol. The summed E-state index contributed by atoms with van der Waals surface area (Å²) in [7, 11) is 4.86. The zero-order chi connectivity index (χ0) is 28.8. The van der Waals surface area contributed by atoms with E-state index >= 15 is 0 Å². The van der Waals surface area contributed by atoms with Crippen molar-refractivity contribution < 1.29 is 14.2 Å². The fraction of sp³-hybridized carbons (Fsp3) is 0.583. The molecule has 0 amide bonds. The van der Waals surface area contributed by atoms with Crippen LogP contribution in [0.4, 0.5) is 0 Å². The smallest absolute Gasteiger partial charge is 0.203 e. The fourth-order valence-electron chi connectivity index (χ4n) is 5.23. The van der Waals surface area contributed by atoms with Crippen LogP contribution in [0.2, 0.25) is 0 Å². The first-order valence-corrected chi connectivity index (χ1v) is 16.2. The molecule has 2 rings (SSSR count). The molecule has 0 bridgehead atoms. The van der Waals surface area contributed by atoms with Gasteiger partial charge in [-0.05, 0) is 48.3 Å². The Hall–Kier alpha value is -2.33. The van der Waals surface area contributed by atoms with E-state index in [1.807, 2.05) is 24.3 Å². The van der Waals surface area contributed by atoms with Crippen molar-refractivity contribution >= 4 is 23.2 Å². The SMILES string of the molecule is CCCCCCCCCCCCCCCCCCc1ccc(C(=S)C=Cc2ccc(OC)c(OC)c2OC)cc1. The molecule has 0 saturated heterocycles. The Balaban J connectivity index is 1.59. The highest BCUT2D eigenvalue weighted by Crippen LogP contribution is 2.40. The first-order valence-electron chi connectivity index (χ1n) is 15.7. The van der Waals surface area contributed by atoms with Crippen LogP contribution in [0.3, 0.4) is 0 Å². The van der Waals surface area contributed by atoms with Gasteiger partial charge in [-0.2, -0.15) is 0 Å². The Morgan fingerprint density at radius 2 is 1.10 bits per heavy atom. The van der Waals surface area contributed by atoms with Crippen LogP contribution in [0.25, 0.3) is 6.08 Å². The number of ether oxygens (including phenoxy) is 3. The molecule has 0 radical (unpaired) electrons. The minimum Gasteiger partial charge on any atom is -0.493 e. The summed E-state index contributed by atoms with van der Waals surface area (Å²) in [5.41, 5.74) is 3.34. The van der Waals surface area contributed by atoms with Crippen LogP contribution in [0, 0.1) is 0 Å². The van der Waals surface area contributed by atoms with Crippen LogP contribution < -0.4 is 14.2 Å². The molecule has 0 aliphatic rings. The fourth-order valence-corrected chi connectivity index (χ4v) is 5.43. The molecule has 4 heteroatoms. The predicted molar refractivity (Wildman–Crippen MR) is 177 cm³/mol. The Bertz CT molecular complexity index is 980. The molecule has 0 aliphatic heterocycles. The molecule has 0 spiro atoms. The lowest BCUT2D eigenvalue weighted by Crippen LogP contribution is -1.97. The van der Waals surface area contributed by atoms with E-state index in [4.69, 9.17) is 26.4 Å². The van der Waals surface area contributed by atoms with E-state index in [2.05, 4.69) is 31.2 Å². The Morgan fingerprint density at radius 1 is 0.600 bits per heavy atom. The van der Waals surface area contributed by atoms with Crippen molar-refractivity contribution in [2.75, 3.05) is 21.3 Å². The van der Waals surface area contributed by atoms with E-state index in [1.165, 1.54) is 108 Å². The van der Waals surface area contributed by atoms with Crippen molar-refractivity contribution in [3.05, 3.63) is 59.2 Å². The zero-order valence-electron chi connectivity index (χ0n) is 25.8. The van der Waals surface area contributed by atoms with Gasteiger partial charge in [0.2, 0.25) is 5.75 Å². The van der Waals surface area contributed by atoms with E-state index in [0.717, 1.165) is 22.4 Å². The number of aryl methyl sites for hydroxylation is 1. The topological polar surface area (TPSA) is 27.7 Å². The van der Waals surface area contributed by atoms with Gasteiger partial charge in [0.25, 0.3) is 0 Å². The molecule has 0 saturated carbocycles. The largest absolute Gasteiger partial charge is 0.493 e. The second-order valence-corrected chi connectivity index (χ2v) is 11.3. The summed E-state index contributed by atoms with van der Waals surface area (Å²) in [6, 6.07) is 12.5. The highest BCUT2D eigenvalue weighted by molar-refractivity contribution is 7.81. The van der Waals surface area contributed by atoms with Gasteiger partial charge < -0.3 is 14.2 Å². The minimum absolute atomic E-state index is 0.580. The van der Waals surface area contributed by atoms with Gasteiger partial charge in [0.15, 0.2) is 11.5 Å². The van der Waals surface area contributed by atoms with Gasteiger partial charge in [0.05, 0.1) is 21.3 Å². The molecule has 2 aromatic carbocycles. The first-order chi connectivity index (χ1) is 19.6. The molecule has 0 N–H and O–H groups in total. The molecule has 3 nitrogen and oxygen atoms in total. The molecular formula is C36H54O3S. The van der Waals surface area contributed by atoms with E-state index in [9.17, 15) is 0 Å². The zero-order valence-corrected chi connectivity index (χ0v) is 26.6. The number of rotatable bonds is 23. The lowest BCUT2D eigenvalue weighted by atomic mass is 10.0. The average Bonchev–Trinajstić information content (AvgIpc) is 2.99. The summed E-state index contributed by atoms with van der Waals surface area (Å²) in [6.45, 7) is 2.29. The third-order valence-electron chi connectivity index (χ3n) is 7.71. The lowest BCUT2D eigenvalue weighted by Gasteiger charge is -2.14. The van der Waals surface area contributed by atoms with Gasteiger partial charge in [-0.3, -0.25) is 0 Å². The third-order valence-corrected chi connectivity index (χ3v) is 8.08. The molecule has 2 aromatic rings. The van der Waals surface area contributed by atoms with Crippen molar-refractivity contribution in [3.63, 3.8) is 0 Å². The number of hydrogen-bond acceptors (Lipinski definition) is 4. The summed E-state index contributed by atoms with van der Waals surface area (Å²) < 4.78 is 16.4. The van der Waals surface area contributed by atoms with Gasteiger partial charge in [-0.15, -0.1) is 0 Å².